The minimum atomic E-state index is 0.0872. The van der Waals surface area contributed by atoms with E-state index in [9.17, 15) is 0 Å². The molecule has 0 unspecified atom stereocenters. The van der Waals surface area contributed by atoms with Gasteiger partial charge in [-0.3, -0.25) is 0 Å². The molecule has 0 amide bonds. The molecule has 0 fully saturated rings. The predicted molar refractivity (Wildman–Crippen MR) is 84.2 cm³/mol. The molecule has 1 aromatic rings. The molecule has 102 valence electrons. The van der Waals surface area contributed by atoms with Crippen LogP contribution < -0.4 is 10.1 Å². The minimum Gasteiger partial charge on any atom is -0.489 e. The maximum atomic E-state index is 5.89. The van der Waals surface area contributed by atoms with Crippen LogP contribution in [-0.2, 0) is 6.54 Å². The van der Waals surface area contributed by atoms with Crippen LogP contribution in [0.5, 0.6) is 5.75 Å². The Morgan fingerprint density at radius 2 is 1.83 bits per heavy atom. The Hall–Kier alpha value is -0.0600. The second-order valence-corrected chi connectivity index (χ2v) is 7.42. The van der Waals surface area contributed by atoms with Gasteiger partial charge in [-0.05, 0) is 62.7 Å². The Morgan fingerprint density at radius 3 is 2.33 bits per heavy atom. The van der Waals surface area contributed by atoms with Crippen LogP contribution >= 0.6 is 31.9 Å². The lowest BCUT2D eigenvalue weighted by atomic mass is 10.1. The lowest BCUT2D eigenvalue weighted by Crippen LogP contribution is -2.35. The summed E-state index contributed by atoms with van der Waals surface area (Å²) in [7, 11) is 0. The van der Waals surface area contributed by atoms with Crippen molar-refractivity contribution in [2.24, 2.45) is 0 Å². The third kappa shape index (κ3) is 5.29. The molecule has 0 aromatic heterocycles. The molecule has 1 rings (SSSR count). The Labute approximate surface area is 127 Å². The van der Waals surface area contributed by atoms with Gasteiger partial charge in [0.2, 0.25) is 0 Å². The van der Waals surface area contributed by atoms with Crippen molar-refractivity contribution in [2.45, 2.75) is 52.8 Å². The lowest BCUT2D eigenvalue weighted by molar-refractivity contribution is 0.237. The Bertz CT molecular complexity index is 411. The summed E-state index contributed by atoms with van der Waals surface area (Å²) >= 11 is 7.08. The van der Waals surface area contributed by atoms with Gasteiger partial charge in [-0.15, -0.1) is 0 Å². The monoisotopic (exact) mass is 377 g/mol. The summed E-state index contributed by atoms with van der Waals surface area (Å²) < 4.78 is 7.92. The molecule has 0 spiro atoms. The molecule has 0 heterocycles. The van der Waals surface area contributed by atoms with Crippen LogP contribution in [0, 0.1) is 0 Å². The molecule has 2 nitrogen and oxygen atoms in total. The molecule has 0 bridgehead atoms. The van der Waals surface area contributed by atoms with E-state index in [4.69, 9.17) is 4.74 Å². The van der Waals surface area contributed by atoms with E-state index in [0.29, 0.717) is 0 Å². The Balaban J connectivity index is 3.00. The molecular formula is C14H21Br2NO. The van der Waals surface area contributed by atoms with Gasteiger partial charge in [-0.2, -0.15) is 0 Å². The topological polar surface area (TPSA) is 21.3 Å². The van der Waals surface area contributed by atoms with E-state index in [0.717, 1.165) is 26.8 Å². The molecular weight excluding hydrogens is 358 g/mol. The molecule has 1 N–H and O–H groups in total. The fourth-order valence-electron chi connectivity index (χ4n) is 1.47. The van der Waals surface area contributed by atoms with Crippen LogP contribution in [0.3, 0.4) is 0 Å². The van der Waals surface area contributed by atoms with E-state index in [-0.39, 0.29) is 11.6 Å². The van der Waals surface area contributed by atoms with Crippen molar-refractivity contribution in [1.29, 1.82) is 0 Å². The first-order valence-electron chi connectivity index (χ1n) is 6.08. The van der Waals surface area contributed by atoms with Crippen molar-refractivity contribution in [3.05, 3.63) is 26.6 Å². The van der Waals surface area contributed by atoms with Gasteiger partial charge in [-0.1, -0.05) is 15.9 Å². The van der Waals surface area contributed by atoms with E-state index in [1.54, 1.807) is 0 Å². The molecule has 0 saturated heterocycles. The smallest absolute Gasteiger partial charge is 0.138 e. The average Bonchev–Trinajstić information content (AvgIpc) is 2.17. The summed E-state index contributed by atoms with van der Waals surface area (Å²) in [5.74, 6) is 0.921. The van der Waals surface area contributed by atoms with Crippen LogP contribution in [0.4, 0.5) is 0 Å². The molecule has 0 aliphatic carbocycles. The predicted octanol–water partition coefficient (Wildman–Crippen LogP) is 4.89. The van der Waals surface area contributed by atoms with Gasteiger partial charge < -0.3 is 10.1 Å². The molecule has 0 atom stereocenters. The van der Waals surface area contributed by atoms with Crippen LogP contribution in [-0.4, -0.2) is 11.6 Å². The number of hydrogen-bond acceptors (Lipinski definition) is 2. The van der Waals surface area contributed by atoms with E-state index in [1.807, 2.05) is 19.9 Å². The Kier molecular flexibility index (Phi) is 5.68. The zero-order chi connectivity index (χ0) is 13.9. The summed E-state index contributed by atoms with van der Waals surface area (Å²) in [5.41, 5.74) is 1.24. The van der Waals surface area contributed by atoms with Gasteiger partial charge in [0.05, 0.1) is 10.6 Å². The second-order valence-electron chi connectivity index (χ2n) is 5.65. The second kappa shape index (κ2) is 6.40. The number of hydrogen-bond donors (Lipinski definition) is 1. The molecule has 1 aromatic carbocycles. The van der Waals surface area contributed by atoms with E-state index in [1.165, 1.54) is 0 Å². The van der Waals surface area contributed by atoms with Gasteiger partial charge in [0.15, 0.2) is 0 Å². The molecule has 0 saturated carbocycles. The van der Waals surface area contributed by atoms with Crippen molar-refractivity contribution in [2.75, 3.05) is 0 Å². The first-order valence-corrected chi connectivity index (χ1v) is 7.67. The highest BCUT2D eigenvalue weighted by molar-refractivity contribution is 9.11. The van der Waals surface area contributed by atoms with Crippen molar-refractivity contribution in [1.82, 2.24) is 5.32 Å². The van der Waals surface area contributed by atoms with Crippen LogP contribution in [0.1, 0.15) is 40.2 Å². The standard InChI is InChI=1S/C14H21Br2NO/c1-9(2)18-13-10(8-17-14(3,4)5)6-11(15)7-12(13)16/h6-7,9,17H,8H2,1-5H3. The fourth-order valence-corrected chi connectivity index (χ4v) is 2.88. The van der Waals surface area contributed by atoms with Gasteiger partial charge in [0.25, 0.3) is 0 Å². The first-order chi connectivity index (χ1) is 8.19. The summed E-state index contributed by atoms with van der Waals surface area (Å²) in [6, 6.07) is 4.11. The van der Waals surface area contributed by atoms with E-state index >= 15 is 0 Å². The highest BCUT2D eigenvalue weighted by Gasteiger charge is 2.15. The van der Waals surface area contributed by atoms with E-state index in [2.05, 4.69) is 64.0 Å². The number of halogens is 2. The highest BCUT2D eigenvalue weighted by Crippen LogP contribution is 2.33. The maximum absolute atomic E-state index is 5.89. The highest BCUT2D eigenvalue weighted by atomic mass is 79.9. The number of nitrogens with one attached hydrogen (secondary N) is 1. The normalized spacial score (nSPS) is 12.0. The lowest BCUT2D eigenvalue weighted by Gasteiger charge is -2.23. The quantitative estimate of drug-likeness (QED) is 0.805. The van der Waals surface area contributed by atoms with E-state index < -0.39 is 0 Å². The van der Waals surface area contributed by atoms with Gasteiger partial charge in [-0.25, -0.2) is 0 Å². The maximum Gasteiger partial charge on any atom is 0.138 e. The summed E-state index contributed by atoms with van der Waals surface area (Å²) in [6.45, 7) is 11.3. The SMILES string of the molecule is CC(C)Oc1c(Br)cc(Br)cc1CNC(C)(C)C. The zero-order valence-electron chi connectivity index (χ0n) is 11.6. The van der Waals surface area contributed by atoms with Gasteiger partial charge in [0, 0.05) is 22.1 Å². The van der Waals surface area contributed by atoms with Crippen LogP contribution in [0.25, 0.3) is 0 Å². The zero-order valence-corrected chi connectivity index (χ0v) is 14.8. The third-order valence-electron chi connectivity index (χ3n) is 2.25. The summed E-state index contributed by atoms with van der Waals surface area (Å²) in [6.07, 6.45) is 0.163. The third-order valence-corrected chi connectivity index (χ3v) is 3.29. The average molecular weight is 379 g/mol. The minimum absolute atomic E-state index is 0.0872. The van der Waals surface area contributed by atoms with Crippen LogP contribution in [0.15, 0.2) is 21.1 Å². The van der Waals surface area contributed by atoms with Crippen molar-refractivity contribution in [3.63, 3.8) is 0 Å². The molecule has 4 heteroatoms. The van der Waals surface area contributed by atoms with Crippen molar-refractivity contribution in [3.8, 4) is 5.75 Å². The summed E-state index contributed by atoms with van der Waals surface area (Å²) in [4.78, 5) is 0. The molecule has 0 aliphatic heterocycles. The largest absolute Gasteiger partial charge is 0.489 e. The fraction of sp³-hybridized carbons (Fsp3) is 0.571. The van der Waals surface area contributed by atoms with Gasteiger partial charge >= 0.3 is 0 Å². The van der Waals surface area contributed by atoms with Gasteiger partial charge in [0.1, 0.15) is 5.75 Å². The van der Waals surface area contributed by atoms with Crippen molar-refractivity contribution < 1.29 is 4.74 Å². The summed E-state index contributed by atoms with van der Waals surface area (Å²) in [5, 5.41) is 3.48. The van der Waals surface area contributed by atoms with Crippen molar-refractivity contribution >= 4 is 31.9 Å². The Morgan fingerprint density at radius 1 is 1.22 bits per heavy atom. The van der Waals surface area contributed by atoms with Crippen LogP contribution in [0.2, 0.25) is 0 Å². The molecule has 0 aliphatic rings. The first kappa shape index (κ1) is 16.0. The molecule has 18 heavy (non-hydrogen) atoms. The number of benzene rings is 1. The number of rotatable bonds is 4. The number of ether oxygens (including phenoxy) is 1. The molecule has 0 radical (unpaired) electrons.